The fourth-order valence-corrected chi connectivity index (χ4v) is 2.62. The second-order valence-electron chi connectivity index (χ2n) is 5.47. The first-order valence-corrected chi connectivity index (χ1v) is 7.64. The smallest absolute Gasteiger partial charge is 0.315 e. The van der Waals surface area contributed by atoms with Gasteiger partial charge in [0, 0.05) is 25.5 Å². The molecule has 124 valence electrons. The third-order valence-corrected chi connectivity index (χ3v) is 3.83. The first kappa shape index (κ1) is 15.9. The van der Waals surface area contributed by atoms with E-state index in [1.54, 1.807) is 36.7 Å². The summed E-state index contributed by atoms with van der Waals surface area (Å²) in [6.07, 6.45) is 3.74. The van der Waals surface area contributed by atoms with E-state index < -0.39 is 17.9 Å². The van der Waals surface area contributed by atoms with Gasteiger partial charge in [-0.3, -0.25) is 9.78 Å². The zero-order valence-corrected chi connectivity index (χ0v) is 12.9. The third kappa shape index (κ3) is 3.51. The maximum absolute atomic E-state index is 13.8. The van der Waals surface area contributed by atoms with Gasteiger partial charge in [-0.1, -0.05) is 18.2 Å². The Morgan fingerprint density at radius 3 is 2.88 bits per heavy atom. The summed E-state index contributed by atoms with van der Waals surface area (Å²) in [6, 6.07) is 8.64. The second-order valence-corrected chi connectivity index (χ2v) is 5.47. The number of hydrogen-bond acceptors (Lipinski definition) is 3. The predicted molar refractivity (Wildman–Crippen MR) is 86.8 cm³/mol. The molecule has 2 aromatic rings. The lowest BCUT2D eigenvalue weighted by atomic mass is 10.2. The summed E-state index contributed by atoms with van der Waals surface area (Å²) in [5.74, 6) is -0.760. The van der Waals surface area contributed by atoms with Crippen molar-refractivity contribution in [2.45, 2.75) is 19.0 Å². The maximum atomic E-state index is 13.8. The van der Waals surface area contributed by atoms with Crippen molar-refractivity contribution in [2.24, 2.45) is 0 Å². The number of urea groups is 1. The number of hydrogen-bond donors (Lipinski definition) is 2. The zero-order chi connectivity index (χ0) is 16.9. The number of benzene rings is 1. The Labute approximate surface area is 138 Å². The average molecular weight is 328 g/mol. The van der Waals surface area contributed by atoms with Crippen molar-refractivity contribution in [2.75, 3.05) is 11.4 Å². The van der Waals surface area contributed by atoms with Crippen LogP contribution in [-0.4, -0.2) is 29.5 Å². The van der Waals surface area contributed by atoms with Gasteiger partial charge >= 0.3 is 6.03 Å². The van der Waals surface area contributed by atoms with E-state index >= 15 is 0 Å². The summed E-state index contributed by atoms with van der Waals surface area (Å²) < 4.78 is 13.8. The van der Waals surface area contributed by atoms with Crippen LogP contribution in [0.5, 0.6) is 0 Å². The van der Waals surface area contributed by atoms with Gasteiger partial charge in [-0.25, -0.2) is 9.18 Å². The molecule has 0 bridgehead atoms. The van der Waals surface area contributed by atoms with E-state index in [2.05, 4.69) is 15.6 Å². The highest BCUT2D eigenvalue weighted by Gasteiger charge is 2.34. The minimum absolute atomic E-state index is 0.238. The first-order valence-electron chi connectivity index (χ1n) is 7.64. The summed E-state index contributed by atoms with van der Waals surface area (Å²) in [7, 11) is 0. The summed E-state index contributed by atoms with van der Waals surface area (Å²) in [6.45, 7) is 0.685. The summed E-state index contributed by atoms with van der Waals surface area (Å²) >= 11 is 0. The molecular weight excluding hydrogens is 311 g/mol. The summed E-state index contributed by atoms with van der Waals surface area (Å²) in [5.41, 5.74) is 1.10. The number of pyridine rings is 1. The van der Waals surface area contributed by atoms with Crippen molar-refractivity contribution >= 4 is 17.6 Å². The van der Waals surface area contributed by atoms with Gasteiger partial charge in [0.25, 0.3) is 0 Å². The van der Waals surface area contributed by atoms with Crippen LogP contribution in [0, 0.1) is 5.82 Å². The molecule has 2 N–H and O–H groups in total. The van der Waals surface area contributed by atoms with E-state index in [4.69, 9.17) is 0 Å². The number of anilines is 1. The van der Waals surface area contributed by atoms with Gasteiger partial charge in [-0.2, -0.15) is 0 Å². The fourth-order valence-electron chi connectivity index (χ4n) is 2.62. The third-order valence-electron chi connectivity index (χ3n) is 3.83. The monoisotopic (exact) mass is 328 g/mol. The van der Waals surface area contributed by atoms with Gasteiger partial charge in [0.15, 0.2) is 0 Å². The first-order chi connectivity index (χ1) is 11.6. The number of carbonyl (C=O) groups excluding carboxylic acids is 2. The molecule has 0 unspecified atom stereocenters. The summed E-state index contributed by atoms with van der Waals surface area (Å²) in [5, 5.41) is 5.31. The van der Waals surface area contributed by atoms with Crippen molar-refractivity contribution in [3.8, 4) is 0 Å². The maximum Gasteiger partial charge on any atom is 0.315 e. The van der Waals surface area contributed by atoms with Crippen molar-refractivity contribution in [3.63, 3.8) is 0 Å². The number of amides is 3. The minimum atomic E-state index is -0.654. The lowest BCUT2D eigenvalue weighted by Gasteiger charge is -2.18. The van der Waals surface area contributed by atoms with Crippen molar-refractivity contribution < 1.29 is 14.0 Å². The topological polar surface area (TPSA) is 74.3 Å². The van der Waals surface area contributed by atoms with E-state index in [1.807, 2.05) is 6.07 Å². The molecule has 24 heavy (non-hydrogen) atoms. The van der Waals surface area contributed by atoms with Crippen LogP contribution in [0.3, 0.4) is 0 Å². The Morgan fingerprint density at radius 1 is 1.29 bits per heavy atom. The standard InChI is InChI=1S/C17H17FN4O2/c18-13-5-1-2-6-15(13)22-9-7-14(16(22)23)21-17(24)20-11-12-4-3-8-19-10-12/h1-6,8,10,14H,7,9,11H2,(H2,20,21,24)/t14-/m0/s1. The molecule has 1 atom stereocenters. The molecule has 7 heteroatoms. The number of rotatable bonds is 4. The Kier molecular flexibility index (Phi) is 4.69. The normalized spacial score (nSPS) is 17.0. The molecule has 0 saturated carbocycles. The van der Waals surface area contributed by atoms with Crippen LogP contribution in [0.15, 0.2) is 48.8 Å². The molecule has 3 amide bonds. The van der Waals surface area contributed by atoms with Gasteiger partial charge in [0.05, 0.1) is 5.69 Å². The SMILES string of the molecule is O=C(NCc1cccnc1)N[C@H]1CCN(c2ccccc2F)C1=O. The van der Waals surface area contributed by atoms with Crippen molar-refractivity contribution in [3.05, 3.63) is 60.2 Å². The Bertz CT molecular complexity index is 738. The number of aromatic nitrogens is 1. The Morgan fingerprint density at radius 2 is 2.12 bits per heavy atom. The van der Waals surface area contributed by atoms with Crippen LogP contribution in [-0.2, 0) is 11.3 Å². The molecule has 3 rings (SSSR count). The van der Waals surface area contributed by atoms with Crippen LogP contribution >= 0.6 is 0 Å². The highest BCUT2D eigenvalue weighted by Crippen LogP contribution is 2.24. The van der Waals surface area contributed by atoms with E-state index in [0.717, 1.165) is 5.56 Å². The highest BCUT2D eigenvalue weighted by molar-refractivity contribution is 6.01. The Balaban J connectivity index is 1.56. The van der Waals surface area contributed by atoms with Crippen LogP contribution in [0.25, 0.3) is 0 Å². The van der Waals surface area contributed by atoms with E-state index in [9.17, 15) is 14.0 Å². The quantitative estimate of drug-likeness (QED) is 0.899. The molecule has 0 spiro atoms. The van der Waals surface area contributed by atoms with Gasteiger partial charge in [-0.15, -0.1) is 0 Å². The van der Waals surface area contributed by atoms with Gasteiger partial charge in [-0.05, 0) is 30.2 Å². The molecule has 2 heterocycles. The molecule has 1 fully saturated rings. The Hall–Kier alpha value is -2.96. The average Bonchev–Trinajstić information content (AvgIpc) is 2.95. The molecule has 1 saturated heterocycles. The number of nitrogens with one attached hydrogen (secondary N) is 2. The van der Waals surface area contributed by atoms with Crippen LogP contribution in [0.4, 0.5) is 14.9 Å². The zero-order valence-electron chi connectivity index (χ0n) is 12.9. The highest BCUT2D eigenvalue weighted by atomic mass is 19.1. The molecule has 1 aromatic carbocycles. The van der Waals surface area contributed by atoms with Crippen molar-refractivity contribution in [1.29, 1.82) is 0 Å². The molecule has 1 aliphatic heterocycles. The second kappa shape index (κ2) is 7.08. The minimum Gasteiger partial charge on any atom is -0.334 e. The number of para-hydroxylation sites is 1. The van der Waals surface area contributed by atoms with E-state index in [-0.39, 0.29) is 11.6 Å². The molecule has 0 aliphatic carbocycles. The molecule has 6 nitrogen and oxygen atoms in total. The summed E-state index contributed by atoms with van der Waals surface area (Å²) in [4.78, 5) is 29.6. The number of halogens is 1. The van der Waals surface area contributed by atoms with Gasteiger partial charge < -0.3 is 15.5 Å². The van der Waals surface area contributed by atoms with E-state index in [0.29, 0.717) is 19.5 Å². The predicted octanol–water partition coefficient (Wildman–Crippen LogP) is 1.83. The van der Waals surface area contributed by atoms with Crippen LogP contribution in [0.1, 0.15) is 12.0 Å². The molecule has 1 aromatic heterocycles. The lowest BCUT2D eigenvalue weighted by molar-refractivity contribution is -0.118. The van der Waals surface area contributed by atoms with Gasteiger partial charge in [0.2, 0.25) is 5.91 Å². The lowest BCUT2D eigenvalue weighted by Crippen LogP contribution is -2.46. The molecule has 0 radical (unpaired) electrons. The number of nitrogens with zero attached hydrogens (tertiary/aromatic N) is 2. The van der Waals surface area contributed by atoms with Crippen LogP contribution in [0.2, 0.25) is 0 Å². The van der Waals surface area contributed by atoms with Crippen molar-refractivity contribution in [1.82, 2.24) is 15.6 Å². The van der Waals surface area contributed by atoms with Crippen LogP contribution < -0.4 is 15.5 Å². The largest absolute Gasteiger partial charge is 0.334 e. The van der Waals surface area contributed by atoms with Gasteiger partial charge in [0.1, 0.15) is 11.9 Å². The van der Waals surface area contributed by atoms with E-state index in [1.165, 1.54) is 11.0 Å². The number of carbonyl (C=O) groups is 2. The molecular formula is C17H17FN4O2. The fraction of sp³-hybridized carbons (Fsp3) is 0.235. The molecule has 1 aliphatic rings.